The van der Waals surface area contributed by atoms with Crippen LogP contribution in [0.25, 0.3) is 0 Å². The summed E-state index contributed by atoms with van der Waals surface area (Å²) in [5, 5.41) is 10.5. The van der Waals surface area contributed by atoms with E-state index >= 15 is 0 Å². The number of aliphatic hydroxyl groups is 1. The van der Waals surface area contributed by atoms with E-state index in [1.165, 1.54) is 18.2 Å². The van der Waals surface area contributed by atoms with Crippen LogP contribution in [0, 0.1) is 0 Å². The first-order valence-electron chi connectivity index (χ1n) is 8.08. The zero-order valence-corrected chi connectivity index (χ0v) is 17.7. The van der Waals surface area contributed by atoms with Crippen LogP contribution in [-0.2, 0) is 16.2 Å². The first-order chi connectivity index (χ1) is 12.7. The van der Waals surface area contributed by atoms with Gasteiger partial charge in [-0.3, -0.25) is 0 Å². The maximum Gasteiger partial charge on any atom is 0.386 e. The fourth-order valence-corrected chi connectivity index (χ4v) is 3.38. The molecule has 8 heteroatoms. The molecule has 1 heterocycles. The minimum Gasteiger partial charge on any atom is -0.486 e. The Labute approximate surface area is 172 Å². The molecule has 2 aromatic carbocycles. The van der Waals surface area contributed by atoms with E-state index in [1.807, 2.05) is 0 Å². The normalized spacial score (nSPS) is 21.0. The van der Waals surface area contributed by atoms with Gasteiger partial charge in [-0.15, -0.1) is 0 Å². The molecule has 2 atom stereocenters. The van der Waals surface area contributed by atoms with Crippen molar-refractivity contribution in [1.29, 1.82) is 0 Å². The highest BCUT2D eigenvalue weighted by molar-refractivity contribution is 9.10. The summed E-state index contributed by atoms with van der Waals surface area (Å²) in [6.07, 6.45) is -0.267. The smallest absolute Gasteiger partial charge is 0.386 e. The highest BCUT2D eigenvalue weighted by atomic mass is 79.9. The lowest BCUT2D eigenvalue weighted by Crippen LogP contribution is -2.46. The highest BCUT2D eigenvalue weighted by Gasteiger charge is 2.39. The van der Waals surface area contributed by atoms with Crippen LogP contribution >= 0.6 is 31.9 Å². The average molecular weight is 500 g/mol. The Balaban J connectivity index is 1.79. The molecular formula is C19H16Br2O6. The van der Waals surface area contributed by atoms with Crippen LogP contribution in [0.1, 0.15) is 40.1 Å². The Morgan fingerprint density at radius 1 is 1.11 bits per heavy atom. The molecule has 0 aliphatic carbocycles. The van der Waals surface area contributed by atoms with Gasteiger partial charge in [0.05, 0.1) is 15.6 Å². The van der Waals surface area contributed by atoms with Gasteiger partial charge >= 0.3 is 11.9 Å². The Bertz CT molecular complexity index is 892. The lowest BCUT2D eigenvalue weighted by Gasteiger charge is -2.37. The molecule has 0 saturated carbocycles. The second-order valence-electron chi connectivity index (χ2n) is 6.45. The van der Waals surface area contributed by atoms with Crippen molar-refractivity contribution in [3.63, 3.8) is 0 Å². The van der Waals surface area contributed by atoms with Crippen molar-refractivity contribution >= 4 is 43.8 Å². The van der Waals surface area contributed by atoms with Gasteiger partial charge in [-0.25, -0.2) is 19.4 Å². The molecule has 1 aliphatic rings. The topological polar surface area (TPSA) is 82.1 Å². The summed E-state index contributed by atoms with van der Waals surface area (Å²) >= 11 is 6.65. The molecule has 0 radical (unpaired) electrons. The monoisotopic (exact) mass is 498 g/mol. The van der Waals surface area contributed by atoms with Gasteiger partial charge in [0.1, 0.15) is 17.5 Å². The first-order valence-corrected chi connectivity index (χ1v) is 9.67. The van der Waals surface area contributed by atoms with Gasteiger partial charge in [-0.2, -0.15) is 0 Å². The lowest BCUT2D eigenvalue weighted by molar-refractivity contribution is -0.187. The maximum absolute atomic E-state index is 12.5. The van der Waals surface area contributed by atoms with Crippen molar-refractivity contribution in [3.8, 4) is 5.75 Å². The van der Waals surface area contributed by atoms with Crippen molar-refractivity contribution in [2.24, 2.45) is 0 Å². The molecule has 0 fully saturated rings. The predicted molar refractivity (Wildman–Crippen MR) is 104 cm³/mol. The molecule has 0 spiro atoms. The Morgan fingerprint density at radius 2 is 1.74 bits per heavy atom. The number of fused-ring (bicyclic) bond motifs is 1. The third kappa shape index (κ3) is 4.17. The molecule has 0 amide bonds. The third-order valence-electron chi connectivity index (χ3n) is 4.41. The standard InChI is InChI=1S/C19H16Br2O6/c1-10-19(2,24)9-14-13(7-8-15(21)16(14)25-10)18(23)27-26-17(22)11-3-5-12(20)6-4-11/h3-8,10,24H,9H2,1-2H3. The van der Waals surface area contributed by atoms with Crippen LogP contribution in [0.15, 0.2) is 45.3 Å². The van der Waals surface area contributed by atoms with Crippen LogP contribution < -0.4 is 4.74 Å². The molecule has 0 aromatic heterocycles. The predicted octanol–water partition coefficient (Wildman–Crippen LogP) is 4.21. The molecule has 1 aliphatic heterocycles. The van der Waals surface area contributed by atoms with Crippen LogP contribution in [0.2, 0.25) is 0 Å². The average Bonchev–Trinajstić information content (AvgIpc) is 2.62. The molecule has 0 bridgehead atoms. The highest BCUT2D eigenvalue weighted by Crippen LogP contribution is 2.40. The Kier molecular flexibility index (Phi) is 5.60. The summed E-state index contributed by atoms with van der Waals surface area (Å²) < 4.78 is 7.22. The van der Waals surface area contributed by atoms with Gasteiger partial charge in [-0.1, -0.05) is 15.9 Å². The fourth-order valence-electron chi connectivity index (χ4n) is 2.65. The number of ether oxygens (including phenoxy) is 1. The van der Waals surface area contributed by atoms with Crippen LogP contribution in [0.4, 0.5) is 0 Å². The summed E-state index contributed by atoms with van der Waals surface area (Å²) in [5.74, 6) is -1.18. The maximum atomic E-state index is 12.5. The minimum absolute atomic E-state index is 0.156. The molecule has 2 unspecified atom stereocenters. The quantitative estimate of drug-likeness (QED) is 0.492. The van der Waals surface area contributed by atoms with Crippen molar-refractivity contribution in [3.05, 3.63) is 62.0 Å². The first kappa shape index (κ1) is 19.9. The van der Waals surface area contributed by atoms with Crippen molar-refractivity contribution < 1.29 is 29.2 Å². The van der Waals surface area contributed by atoms with Gasteiger partial charge in [0.2, 0.25) is 0 Å². The summed E-state index contributed by atoms with van der Waals surface area (Å²) in [4.78, 5) is 33.8. The summed E-state index contributed by atoms with van der Waals surface area (Å²) in [5.41, 5.74) is -0.276. The summed E-state index contributed by atoms with van der Waals surface area (Å²) in [6.45, 7) is 3.38. The van der Waals surface area contributed by atoms with E-state index in [1.54, 1.807) is 32.0 Å². The van der Waals surface area contributed by atoms with Gasteiger partial charge in [0.15, 0.2) is 0 Å². The molecular weight excluding hydrogens is 484 g/mol. The van der Waals surface area contributed by atoms with E-state index in [-0.39, 0.29) is 17.5 Å². The zero-order chi connectivity index (χ0) is 19.8. The van der Waals surface area contributed by atoms with Gasteiger partial charge < -0.3 is 9.84 Å². The molecule has 1 N–H and O–H groups in total. The SMILES string of the molecule is CC1Oc2c(Br)ccc(C(=O)OOC(=O)c3ccc(Br)cc3)c2CC1(C)O. The lowest BCUT2D eigenvalue weighted by atomic mass is 9.86. The molecule has 2 aromatic rings. The molecule has 142 valence electrons. The van der Waals surface area contributed by atoms with Crippen molar-refractivity contribution in [2.45, 2.75) is 32.0 Å². The van der Waals surface area contributed by atoms with Gasteiger partial charge in [0, 0.05) is 16.5 Å². The van der Waals surface area contributed by atoms with E-state index in [4.69, 9.17) is 9.62 Å². The van der Waals surface area contributed by atoms with Crippen LogP contribution in [0.5, 0.6) is 5.75 Å². The summed E-state index contributed by atoms with van der Waals surface area (Å²) in [7, 11) is 0. The number of carbonyl (C=O) groups excluding carboxylic acids is 2. The minimum atomic E-state index is -1.16. The molecule has 0 saturated heterocycles. The van der Waals surface area contributed by atoms with Gasteiger partial charge in [-0.05, 0) is 66.2 Å². The van der Waals surface area contributed by atoms with Crippen molar-refractivity contribution in [2.75, 3.05) is 0 Å². The fraction of sp³-hybridized carbons (Fsp3) is 0.263. The van der Waals surface area contributed by atoms with Crippen LogP contribution in [0.3, 0.4) is 0 Å². The number of rotatable bonds is 2. The number of hydrogen-bond acceptors (Lipinski definition) is 6. The third-order valence-corrected chi connectivity index (χ3v) is 5.56. The van der Waals surface area contributed by atoms with Crippen molar-refractivity contribution in [1.82, 2.24) is 0 Å². The second-order valence-corrected chi connectivity index (χ2v) is 8.22. The molecule has 3 rings (SSSR count). The number of hydrogen-bond donors (Lipinski definition) is 1. The zero-order valence-electron chi connectivity index (χ0n) is 14.5. The van der Waals surface area contributed by atoms with Crippen LogP contribution in [-0.4, -0.2) is 28.8 Å². The van der Waals surface area contributed by atoms with E-state index in [2.05, 4.69) is 36.7 Å². The van der Waals surface area contributed by atoms with E-state index in [9.17, 15) is 14.7 Å². The van der Waals surface area contributed by atoms with Gasteiger partial charge in [0.25, 0.3) is 0 Å². The van der Waals surface area contributed by atoms with E-state index in [0.717, 1.165) is 4.47 Å². The molecule has 27 heavy (non-hydrogen) atoms. The van der Waals surface area contributed by atoms with E-state index < -0.39 is 23.6 Å². The number of benzene rings is 2. The number of halogens is 2. The second kappa shape index (κ2) is 7.61. The largest absolute Gasteiger partial charge is 0.486 e. The molecule has 6 nitrogen and oxygen atoms in total. The Morgan fingerprint density at radius 3 is 2.41 bits per heavy atom. The van der Waals surface area contributed by atoms with E-state index in [0.29, 0.717) is 15.8 Å². The summed E-state index contributed by atoms with van der Waals surface area (Å²) in [6, 6.07) is 9.57. The Hall–Kier alpha value is -1.90. The number of carbonyl (C=O) groups is 2.